The first-order valence-corrected chi connectivity index (χ1v) is 10.6. The maximum atomic E-state index is 12.7. The topological polar surface area (TPSA) is 51.1 Å². The molecule has 1 heterocycles. The molecule has 0 aliphatic carbocycles. The normalized spacial score (nSPS) is 19.0. The lowest BCUT2D eigenvalue weighted by atomic mass is 9.94. The molecule has 0 radical (unpaired) electrons. The number of nitrogens with one attached hydrogen (secondary N) is 1. The SMILES string of the molecule is CCNC(=NCC(CCO)CC(C)C)N1CCC(CN(CC)CC(F)(F)F)C1.I. The molecule has 2 unspecified atom stereocenters. The minimum atomic E-state index is -4.15. The first-order chi connectivity index (χ1) is 13.2. The van der Waals surface area contributed by atoms with E-state index in [2.05, 4.69) is 24.1 Å². The molecule has 0 bridgehead atoms. The molecule has 0 spiro atoms. The maximum absolute atomic E-state index is 12.7. The Bertz CT molecular complexity index is 463. The van der Waals surface area contributed by atoms with Gasteiger partial charge in [0.25, 0.3) is 0 Å². The molecule has 1 aliphatic rings. The predicted octanol–water partition coefficient (Wildman–Crippen LogP) is 3.82. The summed E-state index contributed by atoms with van der Waals surface area (Å²) in [5, 5.41) is 12.6. The summed E-state index contributed by atoms with van der Waals surface area (Å²) in [6.07, 6.45) is -1.50. The van der Waals surface area contributed by atoms with Crippen LogP contribution in [0.2, 0.25) is 0 Å². The zero-order chi connectivity index (χ0) is 21.2. The van der Waals surface area contributed by atoms with Crippen molar-refractivity contribution in [1.29, 1.82) is 0 Å². The highest BCUT2D eigenvalue weighted by Crippen LogP contribution is 2.22. The average molecular weight is 536 g/mol. The predicted molar refractivity (Wildman–Crippen MR) is 124 cm³/mol. The number of likely N-dealkylation sites (tertiary alicyclic amines) is 1. The molecule has 2 atom stereocenters. The lowest BCUT2D eigenvalue weighted by Crippen LogP contribution is -2.42. The van der Waals surface area contributed by atoms with Crippen LogP contribution in [0.25, 0.3) is 0 Å². The van der Waals surface area contributed by atoms with Crippen LogP contribution in [0.1, 0.15) is 47.0 Å². The highest BCUT2D eigenvalue weighted by atomic mass is 127. The second kappa shape index (κ2) is 14.7. The molecule has 0 amide bonds. The van der Waals surface area contributed by atoms with Crippen LogP contribution in [-0.4, -0.2) is 79.5 Å². The van der Waals surface area contributed by atoms with Crippen molar-refractivity contribution in [3.8, 4) is 0 Å². The number of nitrogens with zero attached hydrogens (tertiary/aromatic N) is 3. The van der Waals surface area contributed by atoms with Crippen molar-refractivity contribution in [1.82, 2.24) is 15.1 Å². The minimum Gasteiger partial charge on any atom is -0.396 e. The van der Waals surface area contributed by atoms with Gasteiger partial charge in [0.2, 0.25) is 0 Å². The fourth-order valence-electron chi connectivity index (χ4n) is 3.87. The van der Waals surface area contributed by atoms with Gasteiger partial charge in [-0.05, 0) is 50.5 Å². The second-order valence-electron chi connectivity index (χ2n) is 8.25. The van der Waals surface area contributed by atoms with Crippen molar-refractivity contribution in [2.75, 3.05) is 52.4 Å². The average Bonchev–Trinajstić information content (AvgIpc) is 3.04. The summed E-state index contributed by atoms with van der Waals surface area (Å²) < 4.78 is 38.1. The third-order valence-electron chi connectivity index (χ3n) is 5.13. The molecule has 1 saturated heterocycles. The van der Waals surface area contributed by atoms with Gasteiger partial charge >= 0.3 is 6.18 Å². The molecule has 5 nitrogen and oxygen atoms in total. The van der Waals surface area contributed by atoms with E-state index in [0.29, 0.717) is 31.5 Å². The van der Waals surface area contributed by atoms with Gasteiger partial charge in [-0.25, -0.2) is 0 Å². The van der Waals surface area contributed by atoms with Gasteiger partial charge in [-0.15, -0.1) is 24.0 Å². The lowest BCUT2D eigenvalue weighted by molar-refractivity contribution is -0.146. The largest absolute Gasteiger partial charge is 0.401 e. The molecular weight excluding hydrogens is 496 g/mol. The van der Waals surface area contributed by atoms with Crippen LogP contribution in [0.15, 0.2) is 4.99 Å². The lowest BCUT2D eigenvalue weighted by Gasteiger charge is -2.26. The molecule has 1 fully saturated rings. The number of aliphatic imine (C=N–C) groups is 1. The number of alkyl halides is 3. The summed E-state index contributed by atoms with van der Waals surface area (Å²) in [6.45, 7) is 11.3. The van der Waals surface area contributed by atoms with Crippen LogP contribution in [0.5, 0.6) is 0 Å². The highest BCUT2D eigenvalue weighted by Gasteiger charge is 2.33. The molecule has 2 N–H and O–H groups in total. The Hall–Kier alpha value is -0.290. The molecule has 0 aromatic carbocycles. The molecule has 9 heteroatoms. The first-order valence-electron chi connectivity index (χ1n) is 10.6. The van der Waals surface area contributed by atoms with Crippen LogP contribution in [-0.2, 0) is 0 Å². The molecule has 174 valence electrons. The Kier molecular flexibility index (Phi) is 14.5. The van der Waals surface area contributed by atoms with E-state index in [4.69, 9.17) is 4.99 Å². The minimum absolute atomic E-state index is 0. The molecule has 0 aromatic rings. The second-order valence-corrected chi connectivity index (χ2v) is 8.25. The summed E-state index contributed by atoms with van der Waals surface area (Å²) in [6, 6.07) is 0. The van der Waals surface area contributed by atoms with Gasteiger partial charge < -0.3 is 15.3 Å². The van der Waals surface area contributed by atoms with Crippen molar-refractivity contribution in [2.45, 2.75) is 53.1 Å². The summed E-state index contributed by atoms with van der Waals surface area (Å²) >= 11 is 0. The first kappa shape index (κ1) is 28.7. The fraction of sp³-hybridized carbons (Fsp3) is 0.950. The number of aliphatic hydroxyl groups is 1. The van der Waals surface area contributed by atoms with Crippen LogP contribution >= 0.6 is 24.0 Å². The van der Waals surface area contributed by atoms with Crippen molar-refractivity contribution < 1.29 is 18.3 Å². The molecule has 29 heavy (non-hydrogen) atoms. The zero-order valence-electron chi connectivity index (χ0n) is 18.3. The van der Waals surface area contributed by atoms with E-state index >= 15 is 0 Å². The number of guanidine groups is 1. The third kappa shape index (κ3) is 12.2. The van der Waals surface area contributed by atoms with Gasteiger partial charge in [-0.2, -0.15) is 13.2 Å². The number of hydrogen-bond donors (Lipinski definition) is 2. The monoisotopic (exact) mass is 536 g/mol. The van der Waals surface area contributed by atoms with E-state index < -0.39 is 12.7 Å². The quantitative estimate of drug-likeness (QED) is 0.240. The summed E-state index contributed by atoms with van der Waals surface area (Å²) in [4.78, 5) is 8.44. The summed E-state index contributed by atoms with van der Waals surface area (Å²) in [5.74, 6) is 1.96. The van der Waals surface area contributed by atoms with Gasteiger partial charge in [-0.3, -0.25) is 9.89 Å². The fourth-order valence-corrected chi connectivity index (χ4v) is 3.87. The van der Waals surface area contributed by atoms with E-state index in [-0.39, 0.29) is 36.5 Å². The standard InChI is InChI=1S/C20H39F3N4O.HI/c1-5-24-19(25-12-17(8-10-28)11-16(3)4)27-9-7-18(14-27)13-26(6-2)15-20(21,22)23;/h16-18,28H,5-15H2,1-4H3,(H,24,25);1H. The molecule has 1 rings (SSSR count). The van der Waals surface area contributed by atoms with Gasteiger partial charge in [0.05, 0.1) is 6.54 Å². The third-order valence-corrected chi connectivity index (χ3v) is 5.13. The molecule has 0 saturated carbocycles. The van der Waals surface area contributed by atoms with E-state index in [9.17, 15) is 18.3 Å². The Labute approximate surface area is 191 Å². The van der Waals surface area contributed by atoms with Crippen molar-refractivity contribution in [3.63, 3.8) is 0 Å². The molecule has 1 aliphatic heterocycles. The summed E-state index contributed by atoms with van der Waals surface area (Å²) in [5.41, 5.74) is 0. The van der Waals surface area contributed by atoms with Crippen molar-refractivity contribution in [2.24, 2.45) is 22.7 Å². The highest BCUT2D eigenvalue weighted by molar-refractivity contribution is 14.0. The number of halogens is 4. The van der Waals surface area contributed by atoms with Crippen molar-refractivity contribution in [3.05, 3.63) is 0 Å². The number of hydrogen-bond acceptors (Lipinski definition) is 3. The van der Waals surface area contributed by atoms with Crippen LogP contribution in [0.3, 0.4) is 0 Å². The van der Waals surface area contributed by atoms with Gasteiger partial charge in [-0.1, -0.05) is 20.8 Å². The zero-order valence-corrected chi connectivity index (χ0v) is 20.7. The Balaban J connectivity index is 0.00000784. The number of rotatable bonds is 11. The van der Waals surface area contributed by atoms with E-state index in [1.54, 1.807) is 6.92 Å². The van der Waals surface area contributed by atoms with E-state index in [1.165, 1.54) is 4.90 Å². The Morgan fingerprint density at radius 1 is 1.31 bits per heavy atom. The Morgan fingerprint density at radius 2 is 2.00 bits per heavy atom. The Morgan fingerprint density at radius 3 is 2.52 bits per heavy atom. The number of aliphatic hydroxyl groups excluding tert-OH is 1. The van der Waals surface area contributed by atoms with Gasteiger partial charge in [0.15, 0.2) is 5.96 Å². The summed E-state index contributed by atoms with van der Waals surface area (Å²) in [7, 11) is 0. The van der Waals surface area contributed by atoms with Gasteiger partial charge in [0.1, 0.15) is 0 Å². The smallest absolute Gasteiger partial charge is 0.396 e. The maximum Gasteiger partial charge on any atom is 0.401 e. The van der Waals surface area contributed by atoms with Gasteiger partial charge in [0, 0.05) is 39.3 Å². The van der Waals surface area contributed by atoms with E-state index in [1.807, 2.05) is 6.92 Å². The van der Waals surface area contributed by atoms with Crippen molar-refractivity contribution >= 4 is 29.9 Å². The van der Waals surface area contributed by atoms with Crippen LogP contribution in [0, 0.1) is 17.8 Å². The van der Waals surface area contributed by atoms with E-state index in [0.717, 1.165) is 44.9 Å². The molecule has 0 aromatic heterocycles. The van der Waals surface area contributed by atoms with Crippen LogP contribution < -0.4 is 5.32 Å². The molecular formula is C20H40F3IN4O. The van der Waals surface area contributed by atoms with Crippen LogP contribution in [0.4, 0.5) is 13.2 Å².